The van der Waals surface area contributed by atoms with E-state index in [0.29, 0.717) is 12.8 Å². The first-order valence-electron chi connectivity index (χ1n) is 26.3. The van der Waals surface area contributed by atoms with Gasteiger partial charge in [0.15, 0.2) is 0 Å². The Morgan fingerprint density at radius 2 is 1.21 bits per heavy atom. The van der Waals surface area contributed by atoms with E-state index in [1.807, 2.05) is 0 Å². The van der Waals surface area contributed by atoms with Gasteiger partial charge in [0.05, 0.1) is 0 Å². The number of nitrogens with one attached hydrogen (secondary N) is 1. The summed E-state index contributed by atoms with van der Waals surface area (Å²) in [6.45, 7) is 2.63. The average Bonchev–Trinajstić information content (AvgIpc) is 3.57. The molecule has 2 aliphatic rings. The molecule has 0 aromatic rings. The number of phosphoric acid groups is 1. The number of unbranched alkanes of at least 4 members (excludes halogenated alkanes) is 25. The Morgan fingerprint density at radius 3 is 1.71 bits per heavy atom. The Labute approximate surface area is 409 Å². The summed E-state index contributed by atoms with van der Waals surface area (Å²) in [5.74, 6) is 0. The zero-order valence-corrected chi connectivity index (χ0v) is 43.5. The summed E-state index contributed by atoms with van der Waals surface area (Å²) < 4.78 is 44.3. The quantitative estimate of drug-likeness (QED) is 0.0119. The minimum atomic E-state index is -5.45. The number of aliphatic hydroxyl groups excluding tert-OH is 4. The molecule has 0 aromatic heterocycles. The molecule has 2 rings (SSSR count). The number of allylic oxidation sites excluding steroid dienone is 2. The minimum absolute atomic E-state index is 0.282. The number of hydrogen-bond acceptors (Lipinski definition) is 15. The van der Waals surface area contributed by atoms with Crippen LogP contribution in [0.15, 0.2) is 24.4 Å². The van der Waals surface area contributed by atoms with Crippen LogP contribution in [0.3, 0.4) is 0 Å². The average molecular weight is 1020 g/mol. The number of nitrogens with zero attached hydrogens (tertiary/aromatic N) is 1. The van der Waals surface area contributed by atoms with Gasteiger partial charge in [0.1, 0.15) is 0 Å². The molecule has 0 aliphatic carbocycles. The monoisotopic (exact) mass is 1020 g/mol. The second kappa shape index (κ2) is 38.5. The fourth-order valence-electron chi connectivity index (χ4n) is 8.19. The molecule has 0 aromatic carbocycles. The van der Waals surface area contributed by atoms with Crippen molar-refractivity contribution in [2.24, 2.45) is 5.73 Å². The first-order chi connectivity index (χ1) is 32.7. The second-order valence-electron chi connectivity index (χ2n) is 18.6. The third kappa shape index (κ3) is 30.7. The molecule has 1 fully saturated rings. The van der Waals surface area contributed by atoms with E-state index >= 15 is 0 Å². The summed E-state index contributed by atoms with van der Waals surface area (Å²) in [7, 11) is -10.8. The number of nitrogens with two attached hydrogens (primary N) is 1. The van der Waals surface area contributed by atoms with Crippen molar-refractivity contribution in [1.29, 1.82) is 0 Å². The fraction of sp³-hybridized carbons (Fsp3) is 0.896. The number of carbonyl (C=O) groups is 1. The van der Waals surface area contributed by atoms with Crippen LogP contribution in [0.1, 0.15) is 206 Å². The summed E-state index contributed by atoms with van der Waals surface area (Å²) in [6.07, 6.45) is 30.3. The van der Waals surface area contributed by atoms with Crippen LogP contribution in [0, 0.1) is 0 Å². The zero-order chi connectivity index (χ0) is 49.9. The first-order valence-corrected chi connectivity index (χ1v) is 29.5. The van der Waals surface area contributed by atoms with Crippen molar-refractivity contribution in [2.75, 3.05) is 19.8 Å². The van der Waals surface area contributed by atoms with E-state index in [4.69, 9.17) is 29.0 Å². The number of ether oxygens (including phenoxy) is 3. The van der Waals surface area contributed by atoms with Gasteiger partial charge in [-0.2, -0.15) is 0 Å². The van der Waals surface area contributed by atoms with Crippen molar-refractivity contribution in [2.45, 2.75) is 256 Å². The van der Waals surface area contributed by atoms with E-state index < -0.39 is 84.6 Å². The fourth-order valence-corrected chi connectivity index (χ4v) is 10.5. The van der Waals surface area contributed by atoms with Gasteiger partial charge in [-0.05, 0) is 12.8 Å². The van der Waals surface area contributed by atoms with Gasteiger partial charge in [0.2, 0.25) is 0 Å². The Bertz CT molecular complexity index is 1370. The predicted molar refractivity (Wildman–Crippen MR) is 266 cm³/mol. The third-order valence-electron chi connectivity index (χ3n) is 12.3. The van der Waals surface area contributed by atoms with Crippen molar-refractivity contribution < 1.29 is 72.0 Å². The number of rotatable bonds is 45. The van der Waals surface area contributed by atoms with Gasteiger partial charge in [-0.15, -0.1) is 0 Å². The van der Waals surface area contributed by atoms with Crippen LogP contribution < -0.4 is 11.1 Å². The van der Waals surface area contributed by atoms with Crippen LogP contribution in [0.25, 0.3) is 0 Å². The molecule has 9 atom stereocenters. The number of aliphatic hydroxyl groups is 4. The maximum absolute atomic E-state index is 12.8. The molecule has 2 heterocycles. The molecule has 2 aliphatic heterocycles. The van der Waals surface area contributed by atoms with Gasteiger partial charge in [0, 0.05) is 0 Å². The summed E-state index contributed by atoms with van der Waals surface area (Å²) in [4.78, 5) is 44.7. The number of hydrogen-bond donors (Lipinski definition) is 9. The Kier molecular flexibility index (Phi) is 35.6. The zero-order valence-electron chi connectivity index (χ0n) is 41.6. The van der Waals surface area contributed by atoms with E-state index in [1.165, 1.54) is 121 Å². The molecule has 1 saturated heterocycles. The molecule has 2 amide bonds. The molecule has 10 N–H and O–H groups in total. The van der Waals surface area contributed by atoms with E-state index in [2.05, 4.69) is 35.6 Å². The summed E-state index contributed by atoms with van der Waals surface area (Å²) in [6, 6.07) is -0.722. The Balaban J connectivity index is 1.78. The summed E-state index contributed by atoms with van der Waals surface area (Å²) >= 11 is 0. The first kappa shape index (κ1) is 63.0. The predicted octanol–water partition coefficient (Wildman–Crippen LogP) is 9.14. The van der Waals surface area contributed by atoms with Gasteiger partial charge in [-0.1, -0.05) is 122 Å². The van der Waals surface area contributed by atoms with E-state index in [-0.39, 0.29) is 13.0 Å². The maximum atomic E-state index is 12.8. The van der Waals surface area contributed by atoms with E-state index in [0.717, 1.165) is 69.1 Å². The topological polar surface area (TPSA) is 272 Å². The van der Waals surface area contributed by atoms with E-state index in [1.54, 1.807) is 0 Å². The summed E-state index contributed by atoms with van der Waals surface area (Å²) in [5, 5.41) is 44.7. The second-order valence-corrected chi connectivity index (χ2v) is 21.9. The van der Waals surface area contributed by atoms with Crippen LogP contribution in [0.2, 0.25) is 0 Å². The molecule has 18 nitrogen and oxygen atoms in total. The van der Waals surface area contributed by atoms with Crippen LogP contribution in [0.5, 0.6) is 0 Å². The standard InChI is InChI=1S/C48H95N3O15P2/c1-3-5-7-9-11-13-15-17-19-21-23-25-27-29-31-33-43(52)61-37-40(64-44(53)34-32-30-28-26-24-22-20-18-16-14-12-10-8-6-4-2)38-62-67(57,58)66-68(59,60)63-39-41-45(54)46(55)47(65-41)51-36-35-42(49)50-48(51)56/h18,20,35-36,40-47,52-55,57-58,67H,3-17,19,21-34,37-39,49H2,1-2H3,(H,50,56)(H,59,60)/b20-18-/t40?,41-,42?,43?,44?,45?,46+,47-/m1/s1. The van der Waals surface area contributed by atoms with Crippen molar-refractivity contribution in [3.63, 3.8) is 0 Å². The number of urea groups is 1. The molecule has 0 radical (unpaired) electrons. The van der Waals surface area contributed by atoms with Crippen LogP contribution in [-0.2, 0) is 32.1 Å². The van der Waals surface area contributed by atoms with Crippen LogP contribution in [-0.4, -0.2) is 115 Å². The number of phosphoric ester groups is 1. The molecule has 0 saturated carbocycles. The molecule has 68 heavy (non-hydrogen) atoms. The SMILES string of the molecule is CCCCCCCC/C=C\CCCCCCCC(O)OC(COC(O)CCCCCCCCCCCCCCCCC)CO[PH](O)(O)OP(=O)(O)OC[C@H]1O[C@@H](N2C=CC(N)NC2=O)[C@@H](O)C1O. The van der Waals surface area contributed by atoms with Crippen molar-refractivity contribution in [1.82, 2.24) is 10.2 Å². The van der Waals surface area contributed by atoms with Gasteiger partial charge >= 0.3 is 275 Å². The van der Waals surface area contributed by atoms with E-state index in [9.17, 15) is 44.5 Å². The molecule has 0 bridgehead atoms. The molecule has 0 spiro atoms. The number of amides is 2. The van der Waals surface area contributed by atoms with Gasteiger partial charge in [0.25, 0.3) is 0 Å². The van der Waals surface area contributed by atoms with Gasteiger partial charge < -0.3 is 0 Å². The Morgan fingerprint density at radius 1 is 0.735 bits per heavy atom. The van der Waals surface area contributed by atoms with Crippen molar-refractivity contribution in [3.8, 4) is 0 Å². The van der Waals surface area contributed by atoms with Crippen molar-refractivity contribution >= 4 is 22.0 Å². The molecule has 402 valence electrons. The van der Waals surface area contributed by atoms with Gasteiger partial charge in [-0.3, -0.25) is 0 Å². The molecular formula is C48H95N3O15P2. The van der Waals surface area contributed by atoms with Crippen LogP contribution in [0.4, 0.5) is 4.79 Å². The number of carbonyl (C=O) groups excluding carboxylic acids is 1. The third-order valence-corrected chi connectivity index (χ3v) is 15.2. The molecule has 6 unspecified atom stereocenters. The van der Waals surface area contributed by atoms with Crippen molar-refractivity contribution in [3.05, 3.63) is 24.4 Å². The van der Waals surface area contributed by atoms with Gasteiger partial charge in [-0.25, -0.2) is 0 Å². The summed E-state index contributed by atoms with van der Waals surface area (Å²) in [5.41, 5.74) is 5.65. The molecule has 20 heteroatoms. The Hall–Kier alpha value is -1.15. The van der Waals surface area contributed by atoms with Crippen LogP contribution >= 0.6 is 16.0 Å². The molecular weight excluding hydrogens is 920 g/mol. The normalized spacial score (nSPS) is 22.5.